The van der Waals surface area contributed by atoms with Gasteiger partial charge in [0.2, 0.25) is 5.91 Å². The Morgan fingerprint density at radius 1 is 1.53 bits per heavy atom. The van der Waals surface area contributed by atoms with Crippen LogP contribution < -0.4 is 10.6 Å². The molecule has 0 aliphatic rings. The normalized spacial score (nSPS) is 11.9. The number of urea groups is 1. The number of imide groups is 1. The lowest BCUT2D eigenvalue weighted by molar-refractivity contribution is -0.117. The first-order valence-electron chi connectivity index (χ1n) is 5.90. The van der Waals surface area contributed by atoms with E-state index in [1.807, 2.05) is 6.92 Å². The van der Waals surface area contributed by atoms with Crippen LogP contribution in [0.3, 0.4) is 0 Å². The molecule has 7 heteroatoms. The fraction of sp³-hybridized carbons (Fsp3) is 0.500. The minimum Gasteiger partial charge on any atom is -0.467 e. The van der Waals surface area contributed by atoms with Gasteiger partial charge in [-0.15, -0.1) is 0 Å². The van der Waals surface area contributed by atoms with Crippen LogP contribution in [0.2, 0.25) is 0 Å². The van der Waals surface area contributed by atoms with Crippen LogP contribution in [-0.2, 0) is 11.3 Å². The van der Waals surface area contributed by atoms with Crippen LogP contribution in [0.5, 0.6) is 0 Å². The van der Waals surface area contributed by atoms with Crippen molar-refractivity contribution < 1.29 is 19.1 Å². The fourth-order valence-corrected chi connectivity index (χ4v) is 2.08. The summed E-state index contributed by atoms with van der Waals surface area (Å²) in [5.74, 6) is 1.28. The molecular weight excluding hydrogens is 268 g/mol. The zero-order valence-electron chi connectivity index (χ0n) is 10.7. The molecular formula is C12H18N2O4S. The Kier molecular flexibility index (Phi) is 7.06. The summed E-state index contributed by atoms with van der Waals surface area (Å²) < 4.78 is 5.04. The molecule has 0 fully saturated rings. The number of rotatable bonds is 7. The summed E-state index contributed by atoms with van der Waals surface area (Å²) in [4.78, 5) is 22.8. The van der Waals surface area contributed by atoms with E-state index in [4.69, 9.17) is 9.52 Å². The van der Waals surface area contributed by atoms with Gasteiger partial charge in [-0.1, -0.05) is 6.92 Å². The number of amides is 3. The SMILES string of the molecule is CC(CO)CSCC(=O)NC(=O)NCc1ccco1. The molecule has 1 rings (SSSR count). The van der Waals surface area contributed by atoms with Gasteiger partial charge in [-0.05, 0) is 23.8 Å². The van der Waals surface area contributed by atoms with Crippen LogP contribution in [0.4, 0.5) is 4.79 Å². The smallest absolute Gasteiger partial charge is 0.321 e. The molecule has 3 amide bonds. The topological polar surface area (TPSA) is 91.6 Å². The summed E-state index contributed by atoms with van der Waals surface area (Å²) in [5.41, 5.74) is 0. The van der Waals surface area contributed by atoms with E-state index >= 15 is 0 Å². The number of hydrogen-bond donors (Lipinski definition) is 3. The Hall–Kier alpha value is -1.47. The third kappa shape index (κ3) is 6.88. The zero-order chi connectivity index (χ0) is 14.1. The predicted molar refractivity (Wildman–Crippen MR) is 72.7 cm³/mol. The van der Waals surface area contributed by atoms with Crippen LogP contribution in [0, 0.1) is 5.92 Å². The monoisotopic (exact) mass is 286 g/mol. The van der Waals surface area contributed by atoms with Crippen molar-refractivity contribution in [2.45, 2.75) is 13.5 Å². The Balaban J connectivity index is 2.12. The summed E-state index contributed by atoms with van der Waals surface area (Å²) in [6.45, 7) is 2.22. The van der Waals surface area contributed by atoms with E-state index in [1.54, 1.807) is 12.1 Å². The molecule has 6 nitrogen and oxygen atoms in total. The third-order valence-corrected chi connectivity index (χ3v) is 3.47. The first-order chi connectivity index (χ1) is 9.11. The number of hydrogen-bond acceptors (Lipinski definition) is 5. The van der Waals surface area contributed by atoms with E-state index in [-0.39, 0.29) is 30.7 Å². The van der Waals surface area contributed by atoms with Gasteiger partial charge >= 0.3 is 6.03 Å². The van der Waals surface area contributed by atoms with E-state index in [2.05, 4.69) is 10.6 Å². The lowest BCUT2D eigenvalue weighted by Crippen LogP contribution is -2.40. The number of furan rings is 1. The number of aliphatic hydroxyl groups is 1. The van der Waals surface area contributed by atoms with Gasteiger partial charge in [0.15, 0.2) is 0 Å². The number of thioether (sulfide) groups is 1. The number of nitrogens with one attached hydrogen (secondary N) is 2. The Morgan fingerprint density at radius 3 is 2.95 bits per heavy atom. The second kappa shape index (κ2) is 8.60. The van der Waals surface area contributed by atoms with Gasteiger partial charge in [0.25, 0.3) is 0 Å². The van der Waals surface area contributed by atoms with Gasteiger partial charge in [-0.3, -0.25) is 10.1 Å². The van der Waals surface area contributed by atoms with E-state index in [0.29, 0.717) is 11.5 Å². The largest absolute Gasteiger partial charge is 0.467 e. The molecule has 0 saturated heterocycles. The molecule has 1 heterocycles. The first-order valence-corrected chi connectivity index (χ1v) is 7.06. The van der Waals surface area contributed by atoms with Crippen molar-refractivity contribution in [3.05, 3.63) is 24.2 Å². The molecule has 0 spiro atoms. The van der Waals surface area contributed by atoms with E-state index in [0.717, 1.165) is 0 Å². The second-order valence-electron chi connectivity index (χ2n) is 4.11. The van der Waals surface area contributed by atoms with Gasteiger partial charge in [0.05, 0.1) is 18.6 Å². The van der Waals surface area contributed by atoms with Gasteiger partial charge in [-0.25, -0.2) is 4.79 Å². The number of carbonyl (C=O) groups excluding carboxylic acids is 2. The Labute approximate surface area is 115 Å². The van der Waals surface area contributed by atoms with Gasteiger partial charge in [-0.2, -0.15) is 11.8 Å². The van der Waals surface area contributed by atoms with E-state index < -0.39 is 6.03 Å². The van der Waals surface area contributed by atoms with Crippen LogP contribution in [-0.4, -0.2) is 35.2 Å². The minimum atomic E-state index is -0.544. The van der Waals surface area contributed by atoms with Crippen LogP contribution in [0.15, 0.2) is 22.8 Å². The summed E-state index contributed by atoms with van der Waals surface area (Å²) >= 11 is 1.38. The third-order valence-electron chi connectivity index (χ3n) is 2.20. The van der Waals surface area contributed by atoms with Crippen molar-refractivity contribution in [1.29, 1.82) is 0 Å². The average molecular weight is 286 g/mol. The molecule has 1 atom stereocenters. The summed E-state index contributed by atoms with van der Waals surface area (Å²) in [6.07, 6.45) is 1.51. The molecule has 0 aromatic carbocycles. The van der Waals surface area contributed by atoms with Crippen molar-refractivity contribution in [3.8, 4) is 0 Å². The fourth-order valence-electron chi connectivity index (χ4n) is 1.19. The Morgan fingerprint density at radius 2 is 2.32 bits per heavy atom. The molecule has 1 unspecified atom stereocenters. The van der Waals surface area contributed by atoms with E-state index in [9.17, 15) is 9.59 Å². The highest BCUT2D eigenvalue weighted by atomic mass is 32.2. The highest BCUT2D eigenvalue weighted by molar-refractivity contribution is 7.99. The quantitative estimate of drug-likeness (QED) is 0.694. The summed E-state index contributed by atoms with van der Waals surface area (Å²) in [5, 5.41) is 13.6. The highest BCUT2D eigenvalue weighted by Gasteiger charge is 2.09. The van der Waals surface area contributed by atoms with Gasteiger partial charge in [0, 0.05) is 6.61 Å². The standard InChI is InChI=1S/C12H18N2O4S/c1-9(6-15)7-19-8-11(16)14-12(17)13-5-10-3-2-4-18-10/h2-4,9,15H,5-8H2,1H3,(H2,13,14,16,17). The maximum atomic E-state index is 11.4. The van der Waals surface area contributed by atoms with Crippen LogP contribution in [0.25, 0.3) is 0 Å². The average Bonchev–Trinajstić information content (AvgIpc) is 2.89. The molecule has 1 aromatic heterocycles. The molecule has 1 aromatic rings. The molecule has 19 heavy (non-hydrogen) atoms. The molecule has 0 radical (unpaired) electrons. The first kappa shape index (κ1) is 15.6. The second-order valence-corrected chi connectivity index (χ2v) is 5.14. The van der Waals surface area contributed by atoms with Crippen LogP contribution in [0.1, 0.15) is 12.7 Å². The molecule has 0 aliphatic carbocycles. The van der Waals surface area contributed by atoms with Gasteiger partial charge < -0.3 is 14.8 Å². The molecule has 3 N–H and O–H groups in total. The minimum absolute atomic E-state index is 0.0955. The van der Waals surface area contributed by atoms with Crippen molar-refractivity contribution in [2.75, 3.05) is 18.1 Å². The number of carbonyl (C=O) groups is 2. The maximum Gasteiger partial charge on any atom is 0.321 e. The lowest BCUT2D eigenvalue weighted by Gasteiger charge is -2.07. The summed E-state index contributed by atoms with van der Waals surface area (Å²) in [6, 6.07) is 2.91. The van der Waals surface area contributed by atoms with Crippen molar-refractivity contribution in [3.63, 3.8) is 0 Å². The molecule has 0 saturated carbocycles. The molecule has 106 valence electrons. The van der Waals surface area contributed by atoms with E-state index in [1.165, 1.54) is 18.0 Å². The van der Waals surface area contributed by atoms with Crippen molar-refractivity contribution in [2.24, 2.45) is 5.92 Å². The van der Waals surface area contributed by atoms with Crippen molar-refractivity contribution >= 4 is 23.7 Å². The van der Waals surface area contributed by atoms with Crippen molar-refractivity contribution in [1.82, 2.24) is 10.6 Å². The molecule has 0 bridgehead atoms. The summed E-state index contributed by atoms with van der Waals surface area (Å²) in [7, 11) is 0. The highest BCUT2D eigenvalue weighted by Crippen LogP contribution is 2.06. The maximum absolute atomic E-state index is 11.4. The van der Waals surface area contributed by atoms with Crippen LogP contribution >= 0.6 is 11.8 Å². The number of aliphatic hydroxyl groups excluding tert-OH is 1. The predicted octanol–water partition coefficient (Wildman–Crippen LogP) is 0.967. The van der Waals surface area contributed by atoms with Gasteiger partial charge in [0.1, 0.15) is 5.76 Å². The lowest BCUT2D eigenvalue weighted by atomic mass is 10.2. The molecule has 0 aliphatic heterocycles. The zero-order valence-corrected chi connectivity index (χ0v) is 11.5. The Bertz CT molecular complexity index is 394.